The van der Waals surface area contributed by atoms with Gasteiger partial charge < -0.3 is 20.3 Å². The first-order valence-corrected chi connectivity index (χ1v) is 11.0. The van der Waals surface area contributed by atoms with Crippen LogP contribution in [0.5, 0.6) is 0 Å². The maximum absolute atomic E-state index is 12.0. The van der Waals surface area contributed by atoms with Crippen LogP contribution in [0.2, 0.25) is 0 Å². The molecular weight excluding hydrogens is 523 g/mol. The second-order valence-corrected chi connectivity index (χ2v) is 7.49. The molecule has 2 N–H and O–H groups in total. The number of hydrogen-bond donors (Lipinski definition) is 2. The zero-order chi connectivity index (χ0) is 21.9. The summed E-state index contributed by atoms with van der Waals surface area (Å²) in [5.74, 6) is 1.96. The fourth-order valence-corrected chi connectivity index (χ4v) is 3.58. The number of nitrogens with one attached hydrogen (secondary N) is 2. The number of piperazine rings is 1. The molecular formula is C21H35IN8O2. The van der Waals surface area contributed by atoms with Crippen molar-refractivity contribution in [2.24, 2.45) is 4.99 Å². The number of rotatable bonds is 10. The zero-order valence-electron chi connectivity index (χ0n) is 19.0. The van der Waals surface area contributed by atoms with Gasteiger partial charge in [0.1, 0.15) is 5.82 Å². The second-order valence-electron chi connectivity index (χ2n) is 7.49. The molecule has 0 unspecified atom stereocenters. The lowest BCUT2D eigenvalue weighted by Crippen LogP contribution is -2.54. The molecule has 3 rings (SSSR count). The highest BCUT2D eigenvalue weighted by Gasteiger charge is 2.21. The molecule has 0 aliphatic carbocycles. The molecule has 0 spiro atoms. The molecule has 0 aromatic carbocycles. The molecule has 1 saturated heterocycles. The van der Waals surface area contributed by atoms with Gasteiger partial charge in [0.15, 0.2) is 11.6 Å². The predicted octanol–water partition coefficient (Wildman–Crippen LogP) is 0.626. The molecule has 0 radical (unpaired) electrons. The highest BCUT2D eigenvalue weighted by atomic mass is 127. The zero-order valence-corrected chi connectivity index (χ0v) is 21.3. The van der Waals surface area contributed by atoms with E-state index in [0.29, 0.717) is 19.7 Å². The van der Waals surface area contributed by atoms with E-state index in [1.54, 1.807) is 7.11 Å². The quantitative estimate of drug-likeness (QED) is 0.191. The molecule has 11 heteroatoms. The Balaban J connectivity index is 0.00000363. The standard InChI is InChI=1S/C21H34N8O2.HI/c1-3-22-21(24-9-6-8-19-26-25-18-7-4-5-11-29(18)19)28-14-12-27(13-15-28)17-20(30)23-10-16-31-2;/h4-5,7,11H,3,6,8-10,12-17H2,1-2H3,(H,22,24)(H,23,30);1H. The van der Waals surface area contributed by atoms with Crippen LogP contribution < -0.4 is 10.6 Å². The molecule has 0 atom stereocenters. The van der Waals surface area contributed by atoms with Gasteiger partial charge in [-0.2, -0.15) is 0 Å². The molecule has 0 bridgehead atoms. The number of nitrogens with zero attached hydrogens (tertiary/aromatic N) is 6. The molecule has 0 saturated carbocycles. The summed E-state index contributed by atoms with van der Waals surface area (Å²) in [7, 11) is 1.63. The Bertz CT molecular complexity index is 851. The molecule has 178 valence electrons. The molecule has 2 aromatic rings. The highest BCUT2D eigenvalue weighted by molar-refractivity contribution is 14.0. The Kier molecular flexibility index (Phi) is 11.7. The number of aliphatic imine (C=N–C) groups is 1. The summed E-state index contributed by atoms with van der Waals surface area (Å²) in [6.07, 6.45) is 3.74. The fourth-order valence-electron chi connectivity index (χ4n) is 3.58. The van der Waals surface area contributed by atoms with Crippen LogP contribution in [0.3, 0.4) is 0 Å². The van der Waals surface area contributed by atoms with E-state index in [1.807, 2.05) is 28.8 Å². The van der Waals surface area contributed by atoms with E-state index in [9.17, 15) is 4.79 Å². The van der Waals surface area contributed by atoms with Gasteiger partial charge in [0.2, 0.25) is 5.91 Å². The van der Waals surface area contributed by atoms with E-state index >= 15 is 0 Å². The number of methoxy groups -OCH3 is 1. The summed E-state index contributed by atoms with van der Waals surface area (Å²) >= 11 is 0. The van der Waals surface area contributed by atoms with Crippen molar-refractivity contribution in [2.75, 3.05) is 66.1 Å². The third-order valence-corrected chi connectivity index (χ3v) is 5.21. The highest BCUT2D eigenvalue weighted by Crippen LogP contribution is 2.06. The lowest BCUT2D eigenvalue weighted by molar-refractivity contribution is -0.122. The number of carbonyl (C=O) groups is 1. The normalized spacial score (nSPS) is 14.9. The van der Waals surface area contributed by atoms with Crippen LogP contribution in [0.4, 0.5) is 0 Å². The van der Waals surface area contributed by atoms with Gasteiger partial charge in [0, 0.05) is 65.5 Å². The number of ether oxygens (including phenoxy) is 1. The number of halogens is 1. The average molecular weight is 558 g/mol. The minimum atomic E-state index is 0. The van der Waals surface area contributed by atoms with Gasteiger partial charge in [0.25, 0.3) is 0 Å². The number of aryl methyl sites for hydroxylation is 1. The minimum Gasteiger partial charge on any atom is -0.383 e. The monoisotopic (exact) mass is 558 g/mol. The fraction of sp³-hybridized carbons (Fsp3) is 0.619. The topological polar surface area (TPSA) is 99.4 Å². The Morgan fingerprint density at radius 2 is 2.00 bits per heavy atom. The molecule has 10 nitrogen and oxygen atoms in total. The average Bonchev–Trinajstić information content (AvgIpc) is 3.20. The second kappa shape index (κ2) is 14.2. The molecule has 1 fully saturated rings. The smallest absolute Gasteiger partial charge is 0.234 e. The minimum absolute atomic E-state index is 0. The number of fused-ring (bicyclic) bond motifs is 1. The molecule has 2 aromatic heterocycles. The number of hydrogen-bond acceptors (Lipinski definition) is 6. The largest absolute Gasteiger partial charge is 0.383 e. The number of aromatic nitrogens is 3. The van der Waals surface area contributed by atoms with Gasteiger partial charge in [-0.25, -0.2) is 0 Å². The van der Waals surface area contributed by atoms with Gasteiger partial charge in [-0.05, 0) is 25.5 Å². The summed E-state index contributed by atoms with van der Waals surface area (Å²) in [5, 5.41) is 14.8. The van der Waals surface area contributed by atoms with Crippen LogP contribution in [0.15, 0.2) is 29.4 Å². The lowest BCUT2D eigenvalue weighted by atomic mass is 10.3. The third kappa shape index (κ3) is 7.85. The third-order valence-electron chi connectivity index (χ3n) is 5.21. The van der Waals surface area contributed by atoms with Gasteiger partial charge >= 0.3 is 0 Å². The van der Waals surface area contributed by atoms with E-state index < -0.39 is 0 Å². The molecule has 1 aliphatic heterocycles. The first-order chi connectivity index (χ1) is 15.2. The van der Waals surface area contributed by atoms with E-state index in [4.69, 9.17) is 9.73 Å². The lowest BCUT2D eigenvalue weighted by Gasteiger charge is -2.36. The Morgan fingerprint density at radius 3 is 2.75 bits per heavy atom. The number of pyridine rings is 1. The van der Waals surface area contributed by atoms with Crippen molar-refractivity contribution < 1.29 is 9.53 Å². The van der Waals surface area contributed by atoms with Crippen molar-refractivity contribution in [3.63, 3.8) is 0 Å². The summed E-state index contributed by atoms with van der Waals surface area (Å²) in [6.45, 7) is 8.55. The number of guanidine groups is 1. The van der Waals surface area contributed by atoms with Gasteiger partial charge in [-0.3, -0.25) is 19.1 Å². The summed E-state index contributed by atoms with van der Waals surface area (Å²) in [5.41, 5.74) is 0.875. The van der Waals surface area contributed by atoms with Crippen molar-refractivity contribution in [1.29, 1.82) is 0 Å². The molecule has 32 heavy (non-hydrogen) atoms. The number of amides is 1. The predicted molar refractivity (Wildman–Crippen MR) is 136 cm³/mol. The van der Waals surface area contributed by atoms with Gasteiger partial charge in [0.05, 0.1) is 13.2 Å². The van der Waals surface area contributed by atoms with Crippen LogP contribution in [0.1, 0.15) is 19.2 Å². The molecule has 1 amide bonds. The molecule has 3 heterocycles. The van der Waals surface area contributed by atoms with E-state index in [1.165, 1.54) is 0 Å². The van der Waals surface area contributed by atoms with E-state index in [0.717, 1.165) is 69.5 Å². The van der Waals surface area contributed by atoms with Crippen molar-refractivity contribution in [3.05, 3.63) is 30.2 Å². The van der Waals surface area contributed by atoms with Gasteiger partial charge in [-0.15, -0.1) is 34.2 Å². The van der Waals surface area contributed by atoms with Crippen molar-refractivity contribution in [2.45, 2.75) is 19.8 Å². The summed E-state index contributed by atoms with van der Waals surface area (Å²) < 4.78 is 6.99. The van der Waals surface area contributed by atoms with E-state index in [2.05, 4.69) is 37.6 Å². The summed E-state index contributed by atoms with van der Waals surface area (Å²) in [4.78, 5) is 21.3. The van der Waals surface area contributed by atoms with Crippen molar-refractivity contribution in [3.8, 4) is 0 Å². The SMILES string of the molecule is CCNC(=NCCCc1nnc2ccccn12)N1CCN(CC(=O)NCCOC)CC1.I. The summed E-state index contributed by atoms with van der Waals surface area (Å²) in [6, 6.07) is 5.92. The van der Waals surface area contributed by atoms with Crippen molar-refractivity contribution in [1.82, 2.24) is 35.0 Å². The van der Waals surface area contributed by atoms with Gasteiger partial charge in [-0.1, -0.05) is 6.07 Å². The maximum atomic E-state index is 12.0. The van der Waals surface area contributed by atoms with E-state index in [-0.39, 0.29) is 29.9 Å². The maximum Gasteiger partial charge on any atom is 0.234 e. The van der Waals surface area contributed by atoms with Crippen molar-refractivity contribution >= 4 is 41.5 Å². The van der Waals surface area contributed by atoms with Crippen LogP contribution in [0, 0.1) is 0 Å². The Morgan fingerprint density at radius 1 is 1.19 bits per heavy atom. The van der Waals surface area contributed by atoms with Crippen LogP contribution in [-0.4, -0.2) is 102 Å². The van der Waals surface area contributed by atoms with Crippen LogP contribution in [-0.2, 0) is 16.0 Å². The number of carbonyl (C=O) groups excluding carboxylic acids is 1. The molecule has 1 aliphatic rings. The first-order valence-electron chi connectivity index (χ1n) is 11.0. The first kappa shape index (κ1) is 26.3. The Hall–Kier alpha value is -1.99. The Labute approximate surface area is 206 Å². The van der Waals surface area contributed by atoms with Crippen LogP contribution >= 0.6 is 24.0 Å². The van der Waals surface area contributed by atoms with Crippen LogP contribution in [0.25, 0.3) is 5.65 Å².